The Labute approximate surface area is 136 Å². The Kier molecular flexibility index (Phi) is 4.02. The summed E-state index contributed by atoms with van der Waals surface area (Å²) < 4.78 is 12.9. The molecule has 1 aromatic carbocycles. The molecule has 126 valence electrons. The Hall–Kier alpha value is -2.81. The first-order valence-electron chi connectivity index (χ1n) is 7.32. The molecule has 24 heavy (non-hydrogen) atoms. The van der Waals surface area contributed by atoms with Crippen LogP contribution in [0.15, 0.2) is 30.5 Å². The number of aliphatic carboxylic acids is 1. The Morgan fingerprint density at radius 1 is 1.17 bits per heavy atom. The number of amides is 1. The first kappa shape index (κ1) is 16.1. The van der Waals surface area contributed by atoms with Crippen LogP contribution in [0.3, 0.4) is 0 Å². The Morgan fingerprint density at radius 3 is 2.38 bits per heavy atom. The summed E-state index contributed by atoms with van der Waals surface area (Å²) in [5.74, 6) is -2.06. The molecule has 1 fully saturated rings. The van der Waals surface area contributed by atoms with E-state index < -0.39 is 17.5 Å². The van der Waals surface area contributed by atoms with E-state index in [1.54, 1.807) is 0 Å². The predicted molar refractivity (Wildman–Crippen MR) is 79.0 cm³/mol. The van der Waals surface area contributed by atoms with Gasteiger partial charge >= 0.3 is 5.97 Å². The first-order chi connectivity index (χ1) is 11.4. The van der Waals surface area contributed by atoms with Crippen molar-refractivity contribution in [3.05, 3.63) is 42.0 Å². The number of nitrogens with zero attached hydrogens (tertiary/aromatic N) is 4. The van der Waals surface area contributed by atoms with E-state index >= 15 is 0 Å². The summed E-state index contributed by atoms with van der Waals surface area (Å²) in [7, 11) is 0. The molecule has 0 atom stereocenters. The lowest BCUT2D eigenvalue weighted by Crippen LogP contribution is -2.50. The average molecular weight is 334 g/mol. The highest BCUT2D eigenvalue weighted by molar-refractivity contribution is 5.92. The fraction of sp³-hybridized carbons (Fsp3) is 0.333. The molecule has 0 spiro atoms. The van der Waals surface area contributed by atoms with E-state index in [-0.39, 0.29) is 37.4 Å². The minimum atomic E-state index is -1.79. The van der Waals surface area contributed by atoms with Crippen molar-refractivity contribution in [3.63, 3.8) is 0 Å². The van der Waals surface area contributed by atoms with E-state index in [1.165, 1.54) is 40.2 Å². The second kappa shape index (κ2) is 6.00. The molecular formula is C15H15FN4O4. The van der Waals surface area contributed by atoms with Crippen molar-refractivity contribution in [1.29, 1.82) is 0 Å². The molecule has 8 nitrogen and oxygen atoms in total. The van der Waals surface area contributed by atoms with Gasteiger partial charge in [-0.25, -0.2) is 9.18 Å². The summed E-state index contributed by atoms with van der Waals surface area (Å²) in [6.45, 7) is 0.232. The summed E-state index contributed by atoms with van der Waals surface area (Å²) in [6, 6.07) is 5.49. The highest BCUT2D eigenvalue weighted by Crippen LogP contribution is 2.23. The Bertz CT molecular complexity index is 766. The monoisotopic (exact) mass is 334 g/mol. The molecule has 0 bridgehead atoms. The molecule has 0 radical (unpaired) electrons. The van der Waals surface area contributed by atoms with Crippen LogP contribution in [0.5, 0.6) is 0 Å². The van der Waals surface area contributed by atoms with Crippen LogP contribution in [-0.4, -0.2) is 60.7 Å². The van der Waals surface area contributed by atoms with E-state index in [0.29, 0.717) is 5.69 Å². The number of carboxylic acids is 1. The van der Waals surface area contributed by atoms with Crippen molar-refractivity contribution in [2.75, 3.05) is 13.1 Å². The van der Waals surface area contributed by atoms with Crippen molar-refractivity contribution in [3.8, 4) is 5.69 Å². The number of piperidine rings is 1. The third kappa shape index (κ3) is 2.98. The van der Waals surface area contributed by atoms with E-state index in [9.17, 15) is 19.1 Å². The van der Waals surface area contributed by atoms with Crippen molar-refractivity contribution in [2.24, 2.45) is 0 Å². The number of hydrogen-bond donors (Lipinski definition) is 2. The van der Waals surface area contributed by atoms with Gasteiger partial charge in [-0.05, 0) is 24.3 Å². The van der Waals surface area contributed by atoms with E-state index in [4.69, 9.17) is 5.11 Å². The summed E-state index contributed by atoms with van der Waals surface area (Å²) in [5, 5.41) is 26.9. The predicted octanol–water partition coefficient (Wildman–Crippen LogP) is 0.458. The van der Waals surface area contributed by atoms with Crippen molar-refractivity contribution in [1.82, 2.24) is 19.9 Å². The number of carbonyl (C=O) groups excluding carboxylic acids is 1. The molecule has 2 heterocycles. The normalized spacial score (nSPS) is 16.8. The van der Waals surface area contributed by atoms with E-state index in [2.05, 4.69) is 10.2 Å². The number of hydrogen-bond acceptors (Lipinski definition) is 5. The minimum Gasteiger partial charge on any atom is -0.479 e. The van der Waals surface area contributed by atoms with Crippen LogP contribution in [0, 0.1) is 5.82 Å². The third-order valence-corrected chi connectivity index (χ3v) is 4.04. The van der Waals surface area contributed by atoms with Gasteiger partial charge in [-0.2, -0.15) is 9.90 Å². The maximum Gasteiger partial charge on any atom is 0.335 e. The van der Waals surface area contributed by atoms with Gasteiger partial charge in [0.25, 0.3) is 5.91 Å². The summed E-state index contributed by atoms with van der Waals surface area (Å²) in [6.07, 6.45) is 1.21. The molecule has 1 aliphatic rings. The van der Waals surface area contributed by atoms with Crippen LogP contribution in [0.2, 0.25) is 0 Å². The highest BCUT2D eigenvalue weighted by Gasteiger charge is 2.40. The molecule has 1 aromatic heterocycles. The van der Waals surface area contributed by atoms with Crippen LogP contribution in [0.4, 0.5) is 4.39 Å². The number of carbonyl (C=O) groups is 2. The number of aliphatic hydroxyl groups is 1. The van der Waals surface area contributed by atoms with Gasteiger partial charge in [0.15, 0.2) is 11.3 Å². The molecule has 2 aromatic rings. The largest absolute Gasteiger partial charge is 0.479 e. The zero-order valence-corrected chi connectivity index (χ0v) is 12.6. The number of halogens is 1. The first-order valence-corrected chi connectivity index (χ1v) is 7.32. The highest BCUT2D eigenvalue weighted by atomic mass is 19.1. The smallest absolute Gasteiger partial charge is 0.335 e. The molecule has 0 unspecified atom stereocenters. The number of likely N-dealkylation sites (tertiary alicyclic amines) is 1. The molecule has 0 saturated carbocycles. The zero-order chi connectivity index (χ0) is 17.3. The molecule has 1 aliphatic heterocycles. The van der Waals surface area contributed by atoms with Crippen LogP contribution < -0.4 is 0 Å². The number of rotatable bonds is 3. The number of aromatic nitrogens is 3. The SMILES string of the molecule is O=C(c1cnn(-c2ccc(F)cc2)n1)N1CCC(O)(C(=O)O)CC1. The lowest BCUT2D eigenvalue weighted by atomic mass is 9.91. The lowest BCUT2D eigenvalue weighted by molar-refractivity contribution is -0.162. The van der Waals surface area contributed by atoms with Crippen molar-refractivity contribution in [2.45, 2.75) is 18.4 Å². The third-order valence-electron chi connectivity index (χ3n) is 4.04. The number of benzene rings is 1. The molecule has 2 N–H and O–H groups in total. The molecule has 9 heteroatoms. The van der Waals surface area contributed by atoms with Gasteiger partial charge in [-0.3, -0.25) is 4.79 Å². The van der Waals surface area contributed by atoms with Gasteiger partial charge in [0.05, 0.1) is 11.9 Å². The Morgan fingerprint density at radius 2 is 1.79 bits per heavy atom. The second-order valence-electron chi connectivity index (χ2n) is 5.62. The van der Waals surface area contributed by atoms with Crippen LogP contribution >= 0.6 is 0 Å². The lowest BCUT2D eigenvalue weighted by Gasteiger charge is -2.34. The fourth-order valence-electron chi connectivity index (χ4n) is 2.52. The number of carboxylic acid groups (broad SMARTS) is 1. The molecule has 3 rings (SSSR count). The molecule has 1 saturated heterocycles. The zero-order valence-electron chi connectivity index (χ0n) is 12.6. The maximum atomic E-state index is 12.9. The molecular weight excluding hydrogens is 319 g/mol. The summed E-state index contributed by atoms with van der Waals surface area (Å²) in [5.41, 5.74) is -1.18. The van der Waals surface area contributed by atoms with Gasteiger partial charge < -0.3 is 15.1 Å². The topological polar surface area (TPSA) is 109 Å². The standard InChI is InChI=1S/C15H15FN4O4/c16-10-1-3-11(4-2-10)20-17-9-12(18-20)13(21)19-7-5-15(24,6-8-19)14(22)23/h1-4,9,24H,5-8H2,(H,22,23). The molecule has 1 amide bonds. The van der Waals surface area contributed by atoms with Gasteiger partial charge in [0, 0.05) is 25.9 Å². The van der Waals surface area contributed by atoms with Crippen LogP contribution in [0.25, 0.3) is 5.69 Å². The average Bonchev–Trinajstić information content (AvgIpc) is 3.05. The van der Waals surface area contributed by atoms with Crippen LogP contribution in [0.1, 0.15) is 23.3 Å². The summed E-state index contributed by atoms with van der Waals surface area (Å²) in [4.78, 5) is 26.0. The summed E-state index contributed by atoms with van der Waals surface area (Å²) >= 11 is 0. The Balaban J connectivity index is 1.71. The van der Waals surface area contributed by atoms with Gasteiger partial charge in [-0.1, -0.05) is 0 Å². The van der Waals surface area contributed by atoms with E-state index in [0.717, 1.165) is 0 Å². The van der Waals surface area contributed by atoms with Crippen molar-refractivity contribution >= 4 is 11.9 Å². The second-order valence-corrected chi connectivity index (χ2v) is 5.62. The fourth-order valence-corrected chi connectivity index (χ4v) is 2.52. The van der Waals surface area contributed by atoms with Gasteiger partial charge in [0.1, 0.15) is 5.82 Å². The minimum absolute atomic E-state index is 0.0415. The van der Waals surface area contributed by atoms with Crippen LogP contribution in [-0.2, 0) is 4.79 Å². The van der Waals surface area contributed by atoms with E-state index in [1.807, 2.05) is 0 Å². The molecule has 0 aliphatic carbocycles. The quantitative estimate of drug-likeness (QED) is 0.844. The van der Waals surface area contributed by atoms with Gasteiger partial charge in [-0.15, -0.1) is 5.10 Å². The van der Waals surface area contributed by atoms with Crippen molar-refractivity contribution < 1.29 is 24.2 Å². The van der Waals surface area contributed by atoms with Gasteiger partial charge in [0.2, 0.25) is 0 Å². The maximum absolute atomic E-state index is 12.9.